The molecule has 1 atom stereocenters. The maximum absolute atomic E-state index is 12.5. The number of para-hydroxylation sites is 1. The summed E-state index contributed by atoms with van der Waals surface area (Å²) >= 11 is 0. The Hall–Kier alpha value is -3.40. The van der Waals surface area contributed by atoms with Crippen molar-refractivity contribution in [2.45, 2.75) is 19.4 Å². The van der Waals surface area contributed by atoms with E-state index in [1.807, 2.05) is 61.5 Å². The van der Waals surface area contributed by atoms with Crippen LogP contribution in [0, 0.1) is 6.92 Å². The van der Waals surface area contributed by atoms with Crippen LogP contribution in [0.5, 0.6) is 0 Å². The lowest BCUT2D eigenvalue weighted by Gasteiger charge is -2.25. The summed E-state index contributed by atoms with van der Waals surface area (Å²) in [7, 11) is 0. The minimum Gasteiger partial charge on any atom is -0.454 e. The highest BCUT2D eigenvalue weighted by Crippen LogP contribution is 2.31. The van der Waals surface area contributed by atoms with E-state index in [2.05, 4.69) is 5.32 Å². The lowest BCUT2D eigenvalue weighted by Crippen LogP contribution is -2.23. The number of hydrogen-bond acceptors (Lipinski definition) is 3. The number of benzene rings is 3. The number of nitrogens with one attached hydrogen (secondary N) is 1. The summed E-state index contributed by atoms with van der Waals surface area (Å²) in [6, 6.07) is 22.4. The van der Waals surface area contributed by atoms with Crippen molar-refractivity contribution in [2.75, 3.05) is 5.32 Å². The van der Waals surface area contributed by atoms with Crippen LogP contribution in [-0.2, 0) is 11.2 Å². The molecule has 134 valence electrons. The first-order valence-corrected chi connectivity index (χ1v) is 8.87. The van der Waals surface area contributed by atoms with Gasteiger partial charge in [-0.25, -0.2) is 4.79 Å². The predicted octanol–water partition coefficient (Wildman–Crippen LogP) is 4.70. The SMILES string of the molecule is Cc1ccc([C@H]2Cc3cc(C(=O)Nc4ccccc4)ccc3C(=O)O2)cc1. The second-order valence-corrected chi connectivity index (χ2v) is 6.70. The Morgan fingerprint density at radius 1 is 1.00 bits per heavy atom. The van der Waals surface area contributed by atoms with Crippen molar-refractivity contribution in [3.8, 4) is 0 Å². The third-order valence-electron chi connectivity index (χ3n) is 4.72. The number of esters is 1. The Kier molecular flexibility index (Phi) is 4.47. The van der Waals surface area contributed by atoms with Crippen LogP contribution in [0.4, 0.5) is 5.69 Å². The summed E-state index contributed by atoms with van der Waals surface area (Å²) < 4.78 is 5.60. The fraction of sp³-hybridized carbons (Fsp3) is 0.130. The number of rotatable bonds is 3. The molecule has 3 aromatic carbocycles. The van der Waals surface area contributed by atoms with Crippen LogP contribution in [0.25, 0.3) is 0 Å². The van der Waals surface area contributed by atoms with Gasteiger partial charge in [0.05, 0.1) is 5.56 Å². The second kappa shape index (κ2) is 7.08. The zero-order valence-corrected chi connectivity index (χ0v) is 14.9. The average molecular weight is 357 g/mol. The Bertz CT molecular complexity index is 994. The van der Waals surface area contributed by atoms with Crippen molar-refractivity contribution >= 4 is 17.6 Å². The van der Waals surface area contributed by atoms with Gasteiger partial charge in [-0.05, 0) is 48.4 Å². The number of aryl methyl sites for hydroxylation is 1. The average Bonchev–Trinajstić information content (AvgIpc) is 2.69. The van der Waals surface area contributed by atoms with E-state index in [1.165, 1.54) is 0 Å². The number of fused-ring (bicyclic) bond motifs is 1. The van der Waals surface area contributed by atoms with Gasteiger partial charge in [-0.15, -0.1) is 0 Å². The highest BCUT2D eigenvalue weighted by Gasteiger charge is 2.28. The van der Waals surface area contributed by atoms with Crippen molar-refractivity contribution < 1.29 is 14.3 Å². The number of carbonyl (C=O) groups is 2. The summed E-state index contributed by atoms with van der Waals surface area (Å²) in [6.45, 7) is 2.02. The topological polar surface area (TPSA) is 55.4 Å². The normalized spacial score (nSPS) is 15.6. The minimum atomic E-state index is -0.350. The fourth-order valence-corrected chi connectivity index (χ4v) is 3.23. The molecule has 0 aromatic heterocycles. The van der Waals surface area contributed by atoms with Gasteiger partial charge in [-0.3, -0.25) is 4.79 Å². The molecule has 0 saturated carbocycles. The number of ether oxygens (including phenoxy) is 1. The first-order valence-electron chi connectivity index (χ1n) is 8.87. The van der Waals surface area contributed by atoms with E-state index in [0.29, 0.717) is 17.5 Å². The summed E-state index contributed by atoms with van der Waals surface area (Å²) in [5.41, 5.74) is 4.72. The van der Waals surface area contributed by atoms with Gasteiger partial charge >= 0.3 is 5.97 Å². The number of amides is 1. The Morgan fingerprint density at radius 3 is 2.48 bits per heavy atom. The van der Waals surface area contributed by atoms with Gasteiger partial charge in [0.2, 0.25) is 0 Å². The third-order valence-corrected chi connectivity index (χ3v) is 4.72. The molecular weight excluding hydrogens is 338 g/mol. The molecule has 3 aromatic rings. The number of carbonyl (C=O) groups excluding carboxylic acids is 2. The maximum atomic E-state index is 12.5. The van der Waals surface area contributed by atoms with Crippen LogP contribution in [0.15, 0.2) is 72.8 Å². The van der Waals surface area contributed by atoms with Gasteiger partial charge in [-0.2, -0.15) is 0 Å². The van der Waals surface area contributed by atoms with Crippen molar-refractivity contribution in [1.29, 1.82) is 0 Å². The second-order valence-electron chi connectivity index (χ2n) is 6.70. The molecule has 0 unspecified atom stereocenters. The van der Waals surface area contributed by atoms with Gasteiger partial charge < -0.3 is 10.1 Å². The van der Waals surface area contributed by atoms with Gasteiger partial charge in [0.25, 0.3) is 5.91 Å². The molecule has 4 rings (SSSR count). The summed E-state index contributed by atoms with van der Waals surface area (Å²) in [6.07, 6.45) is 0.217. The summed E-state index contributed by atoms with van der Waals surface area (Å²) in [5, 5.41) is 2.87. The van der Waals surface area contributed by atoms with Gasteiger partial charge in [0.15, 0.2) is 0 Å². The van der Waals surface area contributed by atoms with Crippen LogP contribution < -0.4 is 5.32 Å². The molecule has 1 amide bonds. The zero-order valence-electron chi connectivity index (χ0n) is 14.9. The number of cyclic esters (lactones) is 1. The predicted molar refractivity (Wildman–Crippen MR) is 104 cm³/mol. The van der Waals surface area contributed by atoms with Gasteiger partial charge in [0, 0.05) is 17.7 Å². The molecule has 0 radical (unpaired) electrons. The Morgan fingerprint density at radius 2 is 1.74 bits per heavy atom. The van der Waals surface area contributed by atoms with Crippen molar-refractivity contribution in [3.63, 3.8) is 0 Å². The standard InChI is InChI=1S/C23H19NO3/c1-15-7-9-16(10-8-15)21-14-18-13-17(11-12-20(18)23(26)27-21)22(25)24-19-5-3-2-4-6-19/h2-13,21H,14H2,1H3,(H,24,25)/t21-/m1/s1. The molecule has 1 aliphatic heterocycles. The lowest BCUT2D eigenvalue weighted by molar-refractivity contribution is 0.0252. The van der Waals surface area contributed by atoms with E-state index in [-0.39, 0.29) is 18.0 Å². The molecule has 1 aliphatic rings. The summed E-state index contributed by atoms with van der Waals surface area (Å²) in [5.74, 6) is -0.549. The van der Waals surface area contributed by atoms with Crippen molar-refractivity contribution in [1.82, 2.24) is 0 Å². The highest BCUT2D eigenvalue weighted by molar-refractivity contribution is 6.05. The molecule has 0 bridgehead atoms. The van der Waals surface area contributed by atoms with E-state index >= 15 is 0 Å². The third kappa shape index (κ3) is 3.60. The van der Waals surface area contributed by atoms with E-state index < -0.39 is 0 Å². The Balaban J connectivity index is 1.59. The van der Waals surface area contributed by atoms with E-state index in [1.54, 1.807) is 18.2 Å². The zero-order chi connectivity index (χ0) is 18.8. The number of anilines is 1. The quantitative estimate of drug-likeness (QED) is 0.691. The van der Waals surface area contributed by atoms with Gasteiger partial charge in [-0.1, -0.05) is 48.0 Å². The van der Waals surface area contributed by atoms with Crippen LogP contribution in [0.1, 0.15) is 43.5 Å². The van der Waals surface area contributed by atoms with Crippen LogP contribution >= 0.6 is 0 Å². The van der Waals surface area contributed by atoms with Crippen molar-refractivity contribution in [2.24, 2.45) is 0 Å². The highest BCUT2D eigenvalue weighted by atomic mass is 16.5. The molecule has 1 N–H and O–H groups in total. The summed E-state index contributed by atoms with van der Waals surface area (Å²) in [4.78, 5) is 24.9. The molecule has 0 aliphatic carbocycles. The minimum absolute atomic E-state index is 0.199. The van der Waals surface area contributed by atoms with E-state index in [4.69, 9.17) is 4.74 Å². The largest absolute Gasteiger partial charge is 0.454 e. The van der Waals surface area contributed by atoms with E-state index in [9.17, 15) is 9.59 Å². The van der Waals surface area contributed by atoms with Crippen LogP contribution in [0.2, 0.25) is 0 Å². The number of hydrogen-bond donors (Lipinski definition) is 1. The first-order chi connectivity index (χ1) is 13.1. The maximum Gasteiger partial charge on any atom is 0.339 e. The molecular formula is C23H19NO3. The molecule has 27 heavy (non-hydrogen) atoms. The van der Waals surface area contributed by atoms with Gasteiger partial charge in [0.1, 0.15) is 6.10 Å². The molecule has 0 saturated heterocycles. The monoisotopic (exact) mass is 357 g/mol. The molecule has 4 heteroatoms. The Labute approximate surface area is 157 Å². The first kappa shape index (κ1) is 17.0. The molecule has 4 nitrogen and oxygen atoms in total. The molecule has 0 fully saturated rings. The van der Waals surface area contributed by atoms with E-state index in [0.717, 1.165) is 22.4 Å². The van der Waals surface area contributed by atoms with Crippen LogP contribution in [-0.4, -0.2) is 11.9 Å². The fourth-order valence-electron chi connectivity index (χ4n) is 3.23. The van der Waals surface area contributed by atoms with Crippen LogP contribution in [0.3, 0.4) is 0 Å². The molecule has 1 heterocycles. The smallest absolute Gasteiger partial charge is 0.339 e. The lowest BCUT2D eigenvalue weighted by atomic mass is 9.92. The molecule has 0 spiro atoms. The van der Waals surface area contributed by atoms with Crippen molar-refractivity contribution in [3.05, 3.63) is 101 Å².